The van der Waals surface area contributed by atoms with Gasteiger partial charge in [0.05, 0.1) is 0 Å². The van der Waals surface area contributed by atoms with E-state index in [4.69, 9.17) is 16.7 Å². The minimum Gasteiger partial charge on any atom is -0.396 e. The third-order valence-electron chi connectivity index (χ3n) is 4.14. The highest BCUT2D eigenvalue weighted by atomic mass is 35.5. The molecule has 0 heterocycles. The molecule has 1 aliphatic carbocycles. The zero-order valence-corrected chi connectivity index (χ0v) is 11.9. The fourth-order valence-electron chi connectivity index (χ4n) is 2.91. The number of benzene rings is 1. The van der Waals surface area contributed by atoms with Crippen molar-refractivity contribution in [3.05, 3.63) is 34.3 Å². The lowest BCUT2D eigenvalue weighted by atomic mass is 9.79. The summed E-state index contributed by atoms with van der Waals surface area (Å²) < 4.78 is 0. The Balaban J connectivity index is 2.05. The second-order valence-corrected chi connectivity index (χ2v) is 6.05. The number of hydrogen-bond acceptors (Lipinski definition) is 1. The van der Waals surface area contributed by atoms with Gasteiger partial charge in [0.15, 0.2) is 0 Å². The van der Waals surface area contributed by atoms with Gasteiger partial charge >= 0.3 is 0 Å². The summed E-state index contributed by atoms with van der Waals surface area (Å²) in [6.45, 7) is 2.59. The maximum atomic E-state index is 8.85. The highest BCUT2D eigenvalue weighted by Gasteiger charge is 2.21. The molecule has 2 heteroatoms. The van der Waals surface area contributed by atoms with Crippen LogP contribution in [-0.2, 0) is 6.42 Å². The Morgan fingerprint density at radius 1 is 1.22 bits per heavy atom. The first-order valence-corrected chi connectivity index (χ1v) is 7.47. The van der Waals surface area contributed by atoms with Crippen molar-refractivity contribution in [3.8, 4) is 0 Å². The van der Waals surface area contributed by atoms with E-state index in [1.54, 1.807) is 0 Å². The van der Waals surface area contributed by atoms with Crippen molar-refractivity contribution < 1.29 is 5.11 Å². The predicted molar refractivity (Wildman–Crippen MR) is 77.2 cm³/mol. The molecule has 1 aromatic rings. The van der Waals surface area contributed by atoms with Gasteiger partial charge < -0.3 is 5.11 Å². The third kappa shape index (κ3) is 3.49. The Labute approximate surface area is 115 Å². The molecule has 0 spiro atoms. The number of hydrogen-bond donors (Lipinski definition) is 1. The van der Waals surface area contributed by atoms with Gasteiger partial charge in [0, 0.05) is 11.6 Å². The van der Waals surface area contributed by atoms with Crippen LogP contribution in [-0.4, -0.2) is 11.7 Å². The zero-order valence-electron chi connectivity index (χ0n) is 11.2. The van der Waals surface area contributed by atoms with Gasteiger partial charge in [0.1, 0.15) is 0 Å². The minimum absolute atomic E-state index is 0.250. The molecular weight excluding hydrogens is 244 g/mol. The Morgan fingerprint density at radius 3 is 2.56 bits per heavy atom. The van der Waals surface area contributed by atoms with E-state index in [2.05, 4.69) is 25.1 Å². The van der Waals surface area contributed by atoms with Crippen molar-refractivity contribution in [2.45, 2.75) is 51.4 Å². The standard InChI is InChI=1S/C16H23ClO/c1-12-4-7-14(8-5-12)15-9-6-13(3-2-10-18)11-16(15)17/h6,9,11-12,14,18H,2-5,7-8,10H2,1H3. The van der Waals surface area contributed by atoms with Gasteiger partial charge in [-0.1, -0.05) is 43.5 Å². The smallest absolute Gasteiger partial charge is 0.0443 e. The molecule has 1 N–H and O–H groups in total. The van der Waals surface area contributed by atoms with Gasteiger partial charge in [-0.05, 0) is 54.7 Å². The summed E-state index contributed by atoms with van der Waals surface area (Å²) >= 11 is 6.42. The number of aliphatic hydroxyl groups excluding tert-OH is 1. The van der Waals surface area contributed by atoms with Gasteiger partial charge in [-0.3, -0.25) is 0 Å². The quantitative estimate of drug-likeness (QED) is 0.847. The largest absolute Gasteiger partial charge is 0.396 e. The topological polar surface area (TPSA) is 20.2 Å². The van der Waals surface area contributed by atoms with Gasteiger partial charge in [0.25, 0.3) is 0 Å². The molecule has 1 fully saturated rings. The molecule has 18 heavy (non-hydrogen) atoms. The van der Waals surface area contributed by atoms with Crippen molar-refractivity contribution in [1.29, 1.82) is 0 Å². The van der Waals surface area contributed by atoms with Gasteiger partial charge in [-0.2, -0.15) is 0 Å². The third-order valence-corrected chi connectivity index (χ3v) is 4.47. The lowest BCUT2D eigenvalue weighted by Gasteiger charge is -2.27. The van der Waals surface area contributed by atoms with E-state index in [0.29, 0.717) is 5.92 Å². The normalized spacial score (nSPS) is 24.2. The maximum absolute atomic E-state index is 8.85. The molecule has 0 aromatic heterocycles. The molecule has 1 saturated carbocycles. The van der Waals surface area contributed by atoms with E-state index >= 15 is 0 Å². The summed E-state index contributed by atoms with van der Waals surface area (Å²) in [7, 11) is 0. The van der Waals surface area contributed by atoms with Crippen molar-refractivity contribution in [1.82, 2.24) is 0 Å². The Kier molecular flexibility index (Phi) is 5.08. The summed E-state index contributed by atoms with van der Waals surface area (Å²) in [5.74, 6) is 1.53. The van der Waals surface area contributed by atoms with Crippen LogP contribution in [0.3, 0.4) is 0 Å². The average Bonchev–Trinajstić information content (AvgIpc) is 2.38. The molecule has 0 amide bonds. The molecule has 0 unspecified atom stereocenters. The van der Waals surface area contributed by atoms with Crippen LogP contribution in [0.4, 0.5) is 0 Å². The van der Waals surface area contributed by atoms with Crippen LogP contribution in [0.2, 0.25) is 5.02 Å². The lowest BCUT2D eigenvalue weighted by Crippen LogP contribution is -2.11. The SMILES string of the molecule is CC1CCC(c2ccc(CCCO)cc2Cl)CC1. The Bertz CT molecular complexity index is 381. The summed E-state index contributed by atoms with van der Waals surface area (Å²) in [5.41, 5.74) is 2.57. The second kappa shape index (κ2) is 6.58. The lowest BCUT2D eigenvalue weighted by molar-refractivity contribution is 0.288. The van der Waals surface area contributed by atoms with Crippen LogP contribution in [0.1, 0.15) is 56.1 Å². The van der Waals surface area contributed by atoms with Crippen molar-refractivity contribution in [3.63, 3.8) is 0 Å². The van der Waals surface area contributed by atoms with Crippen molar-refractivity contribution >= 4 is 11.6 Å². The monoisotopic (exact) mass is 266 g/mol. The summed E-state index contributed by atoms with van der Waals surface area (Å²) in [4.78, 5) is 0. The molecular formula is C16H23ClO. The van der Waals surface area contributed by atoms with E-state index in [1.807, 2.05) is 0 Å². The average molecular weight is 267 g/mol. The molecule has 0 bridgehead atoms. The minimum atomic E-state index is 0.250. The fraction of sp³-hybridized carbons (Fsp3) is 0.625. The Morgan fingerprint density at radius 2 is 1.94 bits per heavy atom. The molecule has 0 aliphatic heterocycles. The van der Waals surface area contributed by atoms with Crippen LogP contribution < -0.4 is 0 Å². The molecule has 1 aromatic carbocycles. The van der Waals surface area contributed by atoms with Gasteiger partial charge in [0.2, 0.25) is 0 Å². The van der Waals surface area contributed by atoms with Crippen molar-refractivity contribution in [2.24, 2.45) is 5.92 Å². The van der Waals surface area contributed by atoms with Gasteiger partial charge in [-0.25, -0.2) is 0 Å². The fourth-order valence-corrected chi connectivity index (χ4v) is 3.27. The molecule has 2 rings (SSSR count). The highest BCUT2D eigenvalue weighted by molar-refractivity contribution is 6.31. The second-order valence-electron chi connectivity index (χ2n) is 5.64. The zero-order chi connectivity index (χ0) is 13.0. The first-order valence-electron chi connectivity index (χ1n) is 7.10. The first-order chi connectivity index (χ1) is 8.70. The molecule has 0 saturated heterocycles. The molecule has 0 atom stereocenters. The predicted octanol–water partition coefficient (Wildman–Crippen LogP) is 4.56. The van der Waals surface area contributed by atoms with E-state index in [9.17, 15) is 0 Å². The summed E-state index contributed by atoms with van der Waals surface area (Å²) in [5, 5.41) is 9.77. The molecule has 0 radical (unpaired) electrons. The van der Waals surface area contributed by atoms with E-state index in [-0.39, 0.29) is 6.61 Å². The van der Waals surface area contributed by atoms with Gasteiger partial charge in [-0.15, -0.1) is 0 Å². The van der Waals surface area contributed by atoms with Crippen LogP contribution >= 0.6 is 11.6 Å². The Hall–Kier alpha value is -0.530. The van der Waals surface area contributed by atoms with Crippen LogP contribution in [0, 0.1) is 5.92 Å². The molecule has 1 nitrogen and oxygen atoms in total. The van der Waals surface area contributed by atoms with E-state index in [1.165, 1.54) is 36.8 Å². The van der Waals surface area contributed by atoms with E-state index < -0.39 is 0 Å². The summed E-state index contributed by atoms with van der Waals surface area (Å²) in [6, 6.07) is 6.47. The summed E-state index contributed by atoms with van der Waals surface area (Å²) in [6.07, 6.45) is 6.93. The van der Waals surface area contributed by atoms with Crippen LogP contribution in [0.15, 0.2) is 18.2 Å². The number of halogens is 1. The highest BCUT2D eigenvalue weighted by Crippen LogP contribution is 2.38. The van der Waals surface area contributed by atoms with Crippen LogP contribution in [0.5, 0.6) is 0 Å². The number of aryl methyl sites for hydroxylation is 1. The van der Waals surface area contributed by atoms with Crippen molar-refractivity contribution in [2.75, 3.05) is 6.61 Å². The van der Waals surface area contributed by atoms with E-state index in [0.717, 1.165) is 23.8 Å². The number of aliphatic hydroxyl groups is 1. The first kappa shape index (κ1) is 13.9. The number of rotatable bonds is 4. The maximum Gasteiger partial charge on any atom is 0.0443 e. The van der Waals surface area contributed by atoms with Crippen LogP contribution in [0.25, 0.3) is 0 Å². The molecule has 100 valence electrons. The molecule has 1 aliphatic rings.